The van der Waals surface area contributed by atoms with Gasteiger partial charge in [-0.2, -0.15) is 0 Å². The van der Waals surface area contributed by atoms with E-state index in [0.29, 0.717) is 0 Å². The molecule has 0 amide bonds. The highest BCUT2D eigenvalue weighted by Gasteiger charge is 2.10. The van der Waals surface area contributed by atoms with Crippen LogP contribution in [0.4, 0.5) is 0 Å². The van der Waals surface area contributed by atoms with Gasteiger partial charge < -0.3 is 10.4 Å². The van der Waals surface area contributed by atoms with Gasteiger partial charge in [-0.05, 0) is 6.92 Å². The van der Waals surface area contributed by atoms with Crippen molar-refractivity contribution < 1.29 is 18.3 Å². The number of carboxylic acid groups (broad SMARTS) is 1. The minimum Gasteiger partial charge on any atom is -0.480 e. The third kappa shape index (κ3) is 7.49. The van der Waals surface area contributed by atoms with Crippen molar-refractivity contribution in [2.75, 3.05) is 18.6 Å². The molecule has 0 heterocycles. The molecule has 0 fully saturated rings. The zero-order valence-electron chi connectivity index (χ0n) is 7.07. The van der Waals surface area contributed by atoms with Gasteiger partial charge in [0, 0.05) is 12.3 Å². The molecule has 6 heteroatoms. The van der Waals surface area contributed by atoms with E-state index in [9.17, 15) is 13.2 Å². The predicted octanol–water partition coefficient (Wildman–Crippen LogP) is -0.906. The van der Waals surface area contributed by atoms with Crippen LogP contribution >= 0.6 is 0 Å². The summed E-state index contributed by atoms with van der Waals surface area (Å²) < 4.78 is 21.4. The molecule has 0 saturated heterocycles. The van der Waals surface area contributed by atoms with E-state index >= 15 is 0 Å². The Morgan fingerprint density at radius 3 is 2.42 bits per heavy atom. The van der Waals surface area contributed by atoms with E-state index in [1.807, 2.05) is 0 Å². The van der Waals surface area contributed by atoms with Crippen LogP contribution < -0.4 is 5.32 Å². The predicted molar refractivity (Wildman–Crippen MR) is 44.8 cm³/mol. The second-order valence-corrected chi connectivity index (χ2v) is 4.95. The second-order valence-electron chi connectivity index (χ2n) is 2.77. The summed E-state index contributed by atoms with van der Waals surface area (Å²) in [7, 11) is -3.03. The number of hydrogen-bond acceptors (Lipinski definition) is 4. The van der Waals surface area contributed by atoms with E-state index in [0.717, 1.165) is 6.26 Å². The van der Waals surface area contributed by atoms with Crippen molar-refractivity contribution in [3.8, 4) is 0 Å². The Kier molecular flexibility index (Phi) is 4.19. The fourth-order valence-electron chi connectivity index (χ4n) is 0.775. The van der Waals surface area contributed by atoms with Gasteiger partial charge in [0.2, 0.25) is 0 Å². The third-order valence-electron chi connectivity index (χ3n) is 1.15. The van der Waals surface area contributed by atoms with Crippen molar-refractivity contribution in [1.82, 2.24) is 5.32 Å². The van der Waals surface area contributed by atoms with E-state index in [1.165, 1.54) is 0 Å². The smallest absolute Gasteiger partial charge is 0.317 e. The number of carboxylic acids is 1. The molecule has 0 aromatic rings. The van der Waals surface area contributed by atoms with E-state index in [2.05, 4.69) is 5.32 Å². The SMILES string of the molecule is CC(CS(C)(=O)=O)NCC(=O)O. The highest BCUT2D eigenvalue weighted by Crippen LogP contribution is 1.88. The maximum atomic E-state index is 10.7. The van der Waals surface area contributed by atoms with E-state index in [1.54, 1.807) is 6.92 Å². The maximum absolute atomic E-state index is 10.7. The molecule has 0 spiro atoms. The molecule has 0 aliphatic heterocycles. The molecule has 12 heavy (non-hydrogen) atoms. The lowest BCUT2D eigenvalue weighted by atomic mass is 10.4. The Bertz CT molecular complexity index is 246. The van der Waals surface area contributed by atoms with Crippen molar-refractivity contribution in [2.45, 2.75) is 13.0 Å². The molecule has 0 aliphatic rings. The van der Waals surface area contributed by atoms with Gasteiger partial charge in [0.25, 0.3) is 0 Å². The Labute approximate surface area is 71.7 Å². The average molecular weight is 195 g/mol. The minimum atomic E-state index is -3.03. The lowest BCUT2D eigenvalue weighted by Crippen LogP contribution is -2.36. The van der Waals surface area contributed by atoms with Gasteiger partial charge in [-0.25, -0.2) is 8.42 Å². The quantitative estimate of drug-likeness (QED) is 0.593. The average Bonchev–Trinajstić information content (AvgIpc) is 1.79. The number of hydrogen-bond donors (Lipinski definition) is 2. The van der Waals surface area contributed by atoms with Crippen molar-refractivity contribution in [2.24, 2.45) is 0 Å². The number of nitrogens with one attached hydrogen (secondary N) is 1. The van der Waals surface area contributed by atoms with Crippen LogP contribution in [-0.4, -0.2) is 44.1 Å². The van der Waals surface area contributed by atoms with Gasteiger partial charge >= 0.3 is 5.97 Å². The van der Waals surface area contributed by atoms with Crippen LogP contribution in [-0.2, 0) is 14.6 Å². The van der Waals surface area contributed by atoms with Crippen LogP contribution in [0.2, 0.25) is 0 Å². The molecule has 0 aliphatic carbocycles. The standard InChI is InChI=1S/C6H13NO4S/c1-5(4-12(2,10)11)7-3-6(8)9/h5,7H,3-4H2,1-2H3,(H,8,9). The highest BCUT2D eigenvalue weighted by molar-refractivity contribution is 7.90. The molecule has 72 valence electrons. The summed E-state index contributed by atoms with van der Waals surface area (Å²) in [6.45, 7) is 1.42. The van der Waals surface area contributed by atoms with Gasteiger partial charge in [0.15, 0.2) is 0 Å². The summed E-state index contributed by atoms with van der Waals surface area (Å²) in [5.41, 5.74) is 0. The van der Waals surface area contributed by atoms with Crippen molar-refractivity contribution >= 4 is 15.8 Å². The molecule has 5 nitrogen and oxygen atoms in total. The molecule has 0 rings (SSSR count). The first-order valence-electron chi connectivity index (χ1n) is 3.44. The van der Waals surface area contributed by atoms with Gasteiger partial charge in [-0.1, -0.05) is 0 Å². The summed E-state index contributed by atoms with van der Waals surface area (Å²) in [5, 5.41) is 10.8. The highest BCUT2D eigenvalue weighted by atomic mass is 32.2. The molecule has 0 aromatic heterocycles. The first-order chi connectivity index (χ1) is 5.31. The zero-order valence-corrected chi connectivity index (χ0v) is 7.89. The molecule has 1 unspecified atom stereocenters. The van der Waals surface area contributed by atoms with Gasteiger partial charge in [0.05, 0.1) is 12.3 Å². The molecule has 0 aromatic carbocycles. The van der Waals surface area contributed by atoms with Gasteiger partial charge in [-0.15, -0.1) is 0 Å². The lowest BCUT2D eigenvalue weighted by molar-refractivity contribution is -0.136. The Hall–Kier alpha value is -0.620. The Morgan fingerprint density at radius 1 is 1.58 bits per heavy atom. The van der Waals surface area contributed by atoms with Crippen molar-refractivity contribution in [3.63, 3.8) is 0 Å². The van der Waals surface area contributed by atoms with Crippen molar-refractivity contribution in [3.05, 3.63) is 0 Å². The number of carbonyl (C=O) groups is 1. The zero-order chi connectivity index (χ0) is 9.78. The molecular weight excluding hydrogens is 182 g/mol. The van der Waals surface area contributed by atoms with Crippen molar-refractivity contribution in [1.29, 1.82) is 0 Å². The van der Waals surface area contributed by atoms with Crippen LogP contribution in [0.5, 0.6) is 0 Å². The van der Waals surface area contributed by atoms with Crippen LogP contribution in [0.25, 0.3) is 0 Å². The molecule has 0 saturated carbocycles. The van der Waals surface area contributed by atoms with Crippen LogP contribution in [0.3, 0.4) is 0 Å². The van der Waals surface area contributed by atoms with Crippen LogP contribution in [0, 0.1) is 0 Å². The molecular formula is C6H13NO4S. The largest absolute Gasteiger partial charge is 0.480 e. The van der Waals surface area contributed by atoms with Crippen LogP contribution in [0.15, 0.2) is 0 Å². The summed E-state index contributed by atoms with van der Waals surface area (Å²) in [4.78, 5) is 10.1. The topological polar surface area (TPSA) is 83.5 Å². The van der Waals surface area contributed by atoms with Crippen LogP contribution in [0.1, 0.15) is 6.92 Å². The Morgan fingerprint density at radius 2 is 2.08 bits per heavy atom. The van der Waals surface area contributed by atoms with Gasteiger partial charge in [0.1, 0.15) is 9.84 Å². The second kappa shape index (κ2) is 4.42. The van der Waals surface area contributed by atoms with E-state index in [4.69, 9.17) is 5.11 Å². The molecule has 1 atom stereocenters. The minimum absolute atomic E-state index is 0.0414. The number of sulfone groups is 1. The number of aliphatic carboxylic acids is 1. The monoisotopic (exact) mass is 195 g/mol. The van der Waals surface area contributed by atoms with E-state index < -0.39 is 15.8 Å². The lowest BCUT2D eigenvalue weighted by Gasteiger charge is -2.09. The summed E-state index contributed by atoms with van der Waals surface area (Å²) in [5.74, 6) is -1.03. The normalized spacial score (nSPS) is 14.2. The first kappa shape index (κ1) is 11.4. The van der Waals surface area contributed by atoms with Gasteiger partial charge in [-0.3, -0.25) is 4.79 Å². The fourth-order valence-corrected chi connectivity index (χ4v) is 1.80. The third-order valence-corrected chi connectivity index (χ3v) is 2.26. The summed E-state index contributed by atoms with van der Waals surface area (Å²) >= 11 is 0. The molecule has 0 radical (unpaired) electrons. The molecule has 2 N–H and O–H groups in total. The molecule has 0 bridgehead atoms. The maximum Gasteiger partial charge on any atom is 0.317 e. The van der Waals surface area contributed by atoms with E-state index in [-0.39, 0.29) is 18.3 Å². The summed E-state index contributed by atoms with van der Waals surface area (Å²) in [6.07, 6.45) is 1.12. The fraction of sp³-hybridized carbons (Fsp3) is 0.833. The summed E-state index contributed by atoms with van der Waals surface area (Å²) in [6, 6.07) is -0.323. The first-order valence-corrected chi connectivity index (χ1v) is 5.50. The Balaban J connectivity index is 3.75. The number of rotatable bonds is 5.